The van der Waals surface area contributed by atoms with Crippen molar-refractivity contribution in [2.75, 3.05) is 14.2 Å². The summed E-state index contributed by atoms with van der Waals surface area (Å²) in [6, 6.07) is 4.70. The van der Waals surface area contributed by atoms with Crippen LogP contribution in [0.25, 0.3) is 0 Å². The number of phenols is 1. The van der Waals surface area contributed by atoms with E-state index in [1.54, 1.807) is 12.1 Å². The van der Waals surface area contributed by atoms with E-state index >= 15 is 0 Å². The lowest BCUT2D eigenvalue weighted by Crippen LogP contribution is -2.08. The summed E-state index contributed by atoms with van der Waals surface area (Å²) in [6.07, 6.45) is -1.32. The molecular weight excluding hydrogens is 212 g/mol. The summed E-state index contributed by atoms with van der Waals surface area (Å²) in [5, 5.41) is 19.4. The highest BCUT2D eigenvalue weighted by atomic mass is 16.5. The number of rotatable bonds is 4. The molecule has 0 aliphatic rings. The summed E-state index contributed by atoms with van der Waals surface area (Å²) in [5.41, 5.74) is 0.241. The quantitative estimate of drug-likeness (QED) is 0.749. The minimum atomic E-state index is -1.11. The van der Waals surface area contributed by atoms with Gasteiger partial charge in [-0.15, -0.1) is 0 Å². The Morgan fingerprint density at radius 1 is 1.44 bits per heavy atom. The first kappa shape index (κ1) is 12.3. The maximum Gasteiger partial charge on any atom is 0.308 e. The van der Waals surface area contributed by atoms with Gasteiger partial charge in [-0.2, -0.15) is 0 Å². The number of benzene rings is 1. The largest absolute Gasteiger partial charge is 0.504 e. The first-order valence-electron chi connectivity index (χ1n) is 4.71. The Morgan fingerprint density at radius 3 is 2.69 bits per heavy atom. The van der Waals surface area contributed by atoms with Gasteiger partial charge in [0.2, 0.25) is 0 Å². The molecule has 0 aromatic heterocycles. The number of carbonyl (C=O) groups excluding carboxylic acids is 1. The molecule has 0 saturated heterocycles. The summed E-state index contributed by atoms with van der Waals surface area (Å²) >= 11 is 0. The number of aromatic hydroxyl groups is 1. The van der Waals surface area contributed by atoms with Crippen molar-refractivity contribution in [1.29, 1.82) is 0 Å². The Kier molecular flexibility index (Phi) is 4.13. The van der Waals surface area contributed by atoms with Crippen LogP contribution in [-0.4, -0.2) is 30.4 Å². The molecule has 1 atom stereocenters. The molecule has 1 aromatic rings. The maximum atomic E-state index is 11.0. The first-order valence-corrected chi connectivity index (χ1v) is 4.71. The molecule has 0 saturated carbocycles. The number of aliphatic hydroxyl groups excluding tert-OH is 1. The third kappa shape index (κ3) is 2.64. The number of methoxy groups -OCH3 is 2. The smallest absolute Gasteiger partial charge is 0.308 e. The molecule has 0 radical (unpaired) electrons. The highest BCUT2D eigenvalue weighted by Gasteiger charge is 2.18. The number of ether oxygens (including phenoxy) is 2. The third-order valence-corrected chi connectivity index (χ3v) is 2.20. The SMILES string of the molecule is COC(=O)CC(O)c1cccc(OC)c1O. The van der Waals surface area contributed by atoms with Crippen LogP contribution in [0.15, 0.2) is 18.2 Å². The number of para-hydroxylation sites is 1. The average Bonchev–Trinajstić information content (AvgIpc) is 2.29. The average molecular weight is 226 g/mol. The first-order chi connectivity index (χ1) is 7.60. The number of aliphatic hydroxyl groups is 1. The molecule has 5 nitrogen and oxygen atoms in total. The third-order valence-electron chi connectivity index (χ3n) is 2.20. The van der Waals surface area contributed by atoms with Crippen molar-refractivity contribution >= 4 is 5.97 Å². The minimum absolute atomic E-state index is 0.165. The van der Waals surface area contributed by atoms with Crippen molar-refractivity contribution in [1.82, 2.24) is 0 Å². The molecule has 16 heavy (non-hydrogen) atoms. The van der Waals surface area contributed by atoms with Crippen LogP contribution in [0, 0.1) is 0 Å². The molecule has 88 valence electrons. The number of esters is 1. The van der Waals surface area contributed by atoms with Crippen LogP contribution in [0.1, 0.15) is 18.1 Å². The molecule has 2 N–H and O–H groups in total. The van der Waals surface area contributed by atoms with E-state index in [4.69, 9.17) is 4.74 Å². The van der Waals surface area contributed by atoms with E-state index in [2.05, 4.69) is 4.74 Å². The zero-order chi connectivity index (χ0) is 12.1. The normalized spacial score (nSPS) is 11.9. The Hall–Kier alpha value is -1.75. The summed E-state index contributed by atoms with van der Waals surface area (Å²) in [4.78, 5) is 11.0. The lowest BCUT2D eigenvalue weighted by Gasteiger charge is -2.13. The second kappa shape index (κ2) is 5.37. The number of carbonyl (C=O) groups is 1. The summed E-state index contributed by atoms with van der Waals surface area (Å²) in [7, 11) is 2.64. The molecule has 0 heterocycles. The van der Waals surface area contributed by atoms with Crippen LogP contribution in [0.5, 0.6) is 11.5 Å². The van der Waals surface area contributed by atoms with E-state index < -0.39 is 12.1 Å². The highest BCUT2D eigenvalue weighted by molar-refractivity contribution is 5.70. The maximum absolute atomic E-state index is 11.0. The number of hydrogen-bond donors (Lipinski definition) is 2. The zero-order valence-electron chi connectivity index (χ0n) is 9.14. The fourth-order valence-corrected chi connectivity index (χ4v) is 1.32. The Morgan fingerprint density at radius 2 is 2.12 bits per heavy atom. The number of phenolic OH excluding ortho intramolecular Hbond substituents is 1. The molecular formula is C11H14O5. The van der Waals surface area contributed by atoms with Crippen molar-refractivity contribution in [2.24, 2.45) is 0 Å². The predicted molar refractivity (Wildman–Crippen MR) is 56.3 cm³/mol. The Labute approximate surface area is 93.2 Å². The van der Waals surface area contributed by atoms with Gasteiger partial charge in [0.15, 0.2) is 11.5 Å². The van der Waals surface area contributed by atoms with Crippen molar-refractivity contribution < 1.29 is 24.5 Å². The van der Waals surface area contributed by atoms with Crippen LogP contribution in [0.4, 0.5) is 0 Å². The Balaban J connectivity index is 2.91. The number of hydrogen-bond acceptors (Lipinski definition) is 5. The summed E-state index contributed by atoms with van der Waals surface area (Å²) < 4.78 is 9.32. The van der Waals surface area contributed by atoms with Gasteiger partial charge in [-0.25, -0.2) is 0 Å². The van der Waals surface area contributed by atoms with Gasteiger partial charge in [0, 0.05) is 5.56 Å². The van der Waals surface area contributed by atoms with Crippen LogP contribution in [0.3, 0.4) is 0 Å². The minimum Gasteiger partial charge on any atom is -0.504 e. The van der Waals surface area contributed by atoms with E-state index in [9.17, 15) is 15.0 Å². The molecule has 1 rings (SSSR count). The van der Waals surface area contributed by atoms with E-state index in [0.29, 0.717) is 0 Å². The van der Waals surface area contributed by atoms with Gasteiger partial charge < -0.3 is 19.7 Å². The fraction of sp³-hybridized carbons (Fsp3) is 0.364. The molecule has 0 aliphatic heterocycles. The van der Waals surface area contributed by atoms with Crippen molar-refractivity contribution in [3.05, 3.63) is 23.8 Å². The lowest BCUT2D eigenvalue weighted by molar-refractivity contribution is -0.142. The molecule has 0 fully saturated rings. The van der Waals surface area contributed by atoms with Gasteiger partial charge >= 0.3 is 5.97 Å². The molecule has 0 spiro atoms. The molecule has 5 heteroatoms. The Bertz CT molecular complexity index is 375. The van der Waals surface area contributed by atoms with E-state index in [0.717, 1.165) is 0 Å². The van der Waals surface area contributed by atoms with E-state index in [1.165, 1.54) is 20.3 Å². The predicted octanol–water partition coefficient (Wildman–Crippen LogP) is 0.997. The standard InChI is InChI=1S/C11H14O5/c1-15-9-5-3-4-7(11(9)14)8(12)6-10(13)16-2/h3-5,8,12,14H,6H2,1-2H3. The van der Waals surface area contributed by atoms with Gasteiger partial charge in [0.1, 0.15) is 0 Å². The van der Waals surface area contributed by atoms with E-state index in [1.807, 2.05) is 0 Å². The van der Waals surface area contributed by atoms with Gasteiger partial charge in [0.25, 0.3) is 0 Å². The zero-order valence-corrected chi connectivity index (χ0v) is 9.14. The van der Waals surface area contributed by atoms with Gasteiger partial charge in [-0.1, -0.05) is 12.1 Å². The second-order valence-electron chi connectivity index (χ2n) is 3.19. The van der Waals surface area contributed by atoms with Gasteiger partial charge in [-0.3, -0.25) is 4.79 Å². The summed E-state index contributed by atoms with van der Waals surface area (Å²) in [6.45, 7) is 0. The van der Waals surface area contributed by atoms with Crippen molar-refractivity contribution in [3.63, 3.8) is 0 Å². The lowest BCUT2D eigenvalue weighted by atomic mass is 10.1. The molecule has 0 aliphatic carbocycles. The molecule has 0 bridgehead atoms. The monoisotopic (exact) mass is 226 g/mol. The van der Waals surface area contributed by atoms with Crippen LogP contribution in [0.2, 0.25) is 0 Å². The van der Waals surface area contributed by atoms with E-state index in [-0.39, 0.29) is 23.5 Å². The van der Waals surface area contributed by atoms with Crippen LogP contribution in [-0.2, 0) is 9.53 Å². The molecule has 0 amide bonds. The van der Waals surface area contributed by atoms with Crippen LogP contribution < -0.4 is 4.74 Å². The fourth-order valence-electron chi connectivity index (χ4n) is 1.32. The van der Waals surface area contributed by atoms with Crippen LogP contribution >= 0.6 is 0 Å². The molecule has 1 unspecified atom stereocenters. The highest BCUT2D eigenvalue weighted by Crippen LogP contribution is 2.34. The van der Waals surface area contributed by atoms with Crippen molar-refractivity contribution in [3.8, 4) is 11.5 Å². The van der Waals surface area contributed by atoms with Crippen molar-refractivity contribution in [2.45, 2.75) is 12.5 Å². The van der Waals surface area contributed by atoms with Gasteiger partial charge in [-0.05, 0) is 6.07 Å². The molecule has 1 aromatic carbocycles. The topological polar surface area (TPSA) is 76.0 Å². The summed E-state index contributed by atoms with van der Waals surface area (Å²) in [5.74, 6) is -0.461. The van der Waals surface area contributed by atoms with Gasteiger partial charge in [0.05, 0.1) is 26.7 Å². The second-order valence-corrected chi connectivity index (χ2v) is 3.19.